The van der Waals surface area contributed by atoms with Gasteiger partial charge in [0, 0.05) is 6.21 Å². The minimum Gasteiger partial charge on any atom is -0.489 e. The summed E-state index contributed by atoms with van der Waals surface area (Å²) in [6.07, 6.45) is 1.78. The number of rotatable bonds is 5. The highest BCUT2D eigenvalue weighted by molar-refractivity contribution is 6.42. The summed E-state index contributed by atoms with van der Waals surface area (Å²) < 4.78 is 5.76. The monoisotopic (exact) mass is 355 g/mol. The molecule has 4 heteroatoms. The van der Waals surface area contributed by atoms with Crippen LogP contribution >= 0.6 is 23.2 Å². The summed E-state index contributed by atoms with van der Waals surface area (Å²) in [6.45, 7) is 0.553. The van der Waals surface area contributed by atoms with Crippen LogP contribution < -0.4 is 4.74 Å². The molecule has 0 spiro atoms. The van der Waals surface area contributed by atoms with Crippen molar-refractivity contribution in [2.24, 2.45) is 4.99 Å². The molecule has 3 rings (SSSR count). The fourth-order valence-corrected chi connectivity index (χ4v) is 2.40. The third kappa shape index (κ3) is 4.60. The summed E-state index contributed by atoms with van der Waals surface area (Å²) in [5.74, 6) is 0.825. The second-order valence-corrected chi connectivity index (χ2v) is 6.01. The van der Waals surface area contributed by atoms with Gasteiger partial charge in [0.1, 0.15) is 12.4 Å². The van der Waals surface area contributed by atoms with Gasteiger partial charge in [-0.2, -0.15) is 0 Å². The van der Waals surface area contributed by atoms with E-state index in [0.29, 0.717) is 16.7 Å². The van der Waals surface area contributed by atoms with Crippen LogP contribution in [0, 0.1) is 0 Å². The van der Waals surface area contributed by atoms with Crippen molar-refractivity contribution in [2.75, 3.05) is 0 Å². The molecule has 0 radical (unpaired) electrons. The van der Waals surface area contributed by atoms with E-state index in [9.17, 15) is 0 Å². The van der Waals surface area contributed by atoms with Gasteiger partial charge in [-0.1, -0.05) is 53.5 Å². The van der Waals surface area contributed by atoms with Gasteiger partial charge in [0.15, 0.2) is 0 Å². The largest absolute Gasteiger partial charge is 0.489 e. The summed E-state index contributed by atoms with van der Waals surface area (Å²) in [4.78, 5) is 4.39. The molecule has 0 bridgehead atoms. The van der Waals surface area contributed by atoms with Gasteiger partial charge < -0.3 is 4.74 Å². The molecule has 0 aromatic heterocycles. The van der Waals surface area contributed by atoms with Gasteiger partial charge in [-0.25, -0.2) is 0 Å². The van der Waals surface area contributed by atoms with Crippen molar-refractivity contribution >= 4 is 35.1 Å². The Bertz CT molecular complexity index is 830. The Kier molecular flexibility index (Phi) is 5.52. The van der Waals surface area contributed by atoms with Gasteiger partial charge >= 0.3 is 0 Å². The molecular weight excluding hydrogens is 341 g/mol. The van der Waals surface area contributed by atoms with E-state index in [-0.39, 0.29) is 0 Å². The molecule has 120 valence electrons. The maximum Gasteiger partial charge on any atom is 0.119 e. The van der Waals surface area contributed by atoms with Gasteiger partial charge in [-0.3, -0.25) is 4.99 Å². The van der Waals surface area contributed by atoms with Gasteiger partial charge in [0.25, 0.3) is 0 Å². The van der Waals surface area contributed by atoms with Crippen LogP contribution in [0.1, 0.15) is 11.1 Å². The summed E-state index contributed by atoms with van der Waals surface area (Å²) in [5.41, 5.74) is 2.88. The Labute approximate surface area is 151 Å². The lowest BCUT2D eigenvalue weighted by atomic mass is 10.2. The maximum atomic E-state index is 5.98. The molecule has 0 amide bonds. The average molecular weight is 356 g/mol. The summed E-state index contributed by atoms with van der Waals surface area (Å²) in [7, 11) is 0. The average Bonchev–Trinajstić information content (AvgIpc) is 2.63. The number of ether oxygens (including phenoxy) is 1. The molecule has 0 aliphatic carbocycles. The highest BCUT2D eigenvalue weighted by Gasteiger charge is 1.98. The molecule has 24 heavy (non-hydrogen) atoms. The Morgan fingerprint density at radius 1 is 0.833 bits per heavy atom. The number of aliphatic imine (C=N–C) groups is 1. The smallest absolute Gasteiger partial charge is 0.119 e. The zero-order valence-corrected chi connectivity index (χ0v) is 14.3. The Morgan fingerprint density at radius 2 is 1.58 bits per heavy atom. The Balaban J connectivity index is 1.61. The zero-order chi connectivity index (χ0) is 16.8. The van der Waals surface area contributed by atoms with Crippen molar-refractivity contribution in [3.8, 4) is 5.75 Å². The van der Waals surface area contributed by atoms with Crippen LogP contribution in [0.5, 0.6) is 5.75 Å². The van der Waals surface area contributed by atoms with Crippen molar-refractivity contribution in [3.63, 3.8) is 0 Å². The molecule has 0 aliphatic heterocycles. The van der Waals surface area contributed by atoms with Crippen molar-refractivity contribution < 1.29 is 4.74 Å². The lowest BCUT2D eigenvalue weighted by Gasteiger charge is -2.06. The van der Waals surface area contributed by atoms with E-state index in [2.05, 4.69) is 4.99 Å². The predicted octanol–water partition coefficient (Wildman–Crippen LogP) is 6.32. The number of halogens is 2. The normalized spacial score (nSPS) is 10.9. The quantitative estimate of drug-likeness (QED) is 0.490. The van der Waals surface area contributed by atoms with Crippen LogP contribution in [0.4, 0.5) is 5.69 Å². The van der Waals surface area contributed by atoms with Gasteiger partial charge in [-0.05, 0) is 53.6 Å². The molecule has 0 atom stereocenters. The first-order chi connectivity index (χ1) is 11.7. The van der Waals surface area contributed by atoms with E-state index in [1.807, 2.05) is 60.7 Å². The van der Waals surface area contributed by atoms with Gasteiger partial charge in [0.05, 0.1) is 15.7 Å². The predicted molar refractivity (Wildman–Crippen MR) is 101 cm³/mol. The van der Waals surface area contributed by atoms with Gasteiger partial charge in [0.2, 0.25) is 0 Å². The van der Waals surface area contributed by atoms with Gasteiger partial charge in [-0.15, -0.1) is 0 Å². The highest BCUT2D eigenvalue weighted by atomic mass is 35.5. The van der Waals surface area contributed by atoms with Crippen molar-refractivity contribution in [3.05, 3.63) is 94.0 Å². The lowest BCUT2D eigenvalue weighted by molar-refractivity contribution is 0.306. The minimum atomic E-state index is 0.496. The van der Waals surface area contributed by atoms with E-state index >= 15 is 0 Å². The third-order valence-corrected chi connectivity index (χ3v) is 4.13. The number of hydrogen-bond acceptors (Lipinski definition) is 2. The molecule has 0 unspecified atom stereocenters. The Morgan fingerprint density at radius 3 is 2.29 bits per heavy atom. The van der Waals surface area contributed by atoms with Crippen LogP contribution in [-0.4, -0.2) is 6.21 Å². The van der Waals surface area contributed by atoms with Crippen molar-refractivity contribution in [1.29, 1.82) is 0 Å². The first kappa shape index (κ1) is 16.6. The van der Waals surface area contributed by atoms with Crippen LogP contribution in [0.3, 0.4) is 0 Å². The van der Waals surface area contributed by atoms with E-state index in [1.54, 1.807) is 18.3 Å². The molecule has 0 saturated heterocycles. The molecule has 0 N–H and O–H groups in total. The molecule has 0 saturated carbocycles. The summed E-state index contributed by atoms with van der Waals surface area (Å²) in [5, 5.41) is 1.02. The first-order valence-electron chi connectivity index (χ1n) is 7.46. The summed E-state index contributed by atoms with van der Waals surface area (Å²) in [6, 6.07) is 23.1. The fraction of sp³-hybridized carbons (Fsp3) is 0.0500. The minimum absolute atomic E-state index is 0.496. The van der Waals surface area contributed by atoms with Crippen LogP contribution in [0.25, 0.3) is 0 Å². The Hall–Kier alpha value is -2.29. The maximum absolute atomic E-state index is 5.98. The molecule has 0 aliphatic rings. The standard InChI is InChI=1S/C20H15Cl2NO/c21-19-11-8-17(12-20(19)22)23-13-15-6-9-18(10-7-15)24-14-16-4-2-1-3-5-16/h1-13H,14H2. The lowest BCUT2D eigenvalue weighted by Crippen LogP contribution is -1.94. The number of nitrogens with zero attached hydrogens (tertiary/aromatic N) is 1. The highest BCUT2D eigenvalue weighted by Crippen LogP contribution is 2.26. The summed E-state index contributed by atoms with van der Waals surface area (Å²) >= 11 is 11.9. The molecular formula is C20H15Cl2NO. The van der Waals surface area contributed by atoms with Crippen LogP contribution in [0.2, 0.25) is 10.0 Å². The van der Waals surface area contributed by atoms with E-state index < -0.39 is 0 Å². The third-order valence-electron chi connectivity index (χ3n) is 3.39. The molecule has 3 aromatic rings. The second kappa shape index (κ2) is 8.00. The SMILES string of the molecule is Clc1ccc(N=Cc2ccc(OCc3ccccc3)cc2)cc1Cl. The topological polar surface area (TPSA) is 21.6 Å². The number of benzene rings is 3. The van der Waals surface area contributed by atoms with E-state index in [4.69, 9.17) is 27.9 Å². The molecule has 0 heterocycles. The van der Waals surface area contributed by atoms with Crippen molar-refractivity contribution in [1.82, 2.24) is 0 Å². The zero-order valence-electron chi connectivity index (χ0n) is 12.8. The van der Waals surface area contributed by atoms with Crippen LogP contribution in [-0.2, 0) is 6.61 Å². The first-order valence-corrected chi connectivity index (χ1v) is 8.22. The second-order valence-electron chi connectivity index (χ2n) is 5.20. The molecule has 0 fully saturated rings. The number of hydrogen-bond donors (Lipinski definition) is 0. The van der Waals surface area contributed by atoms with Crippen LogP contribution in [0.15, 0.2) is 77.8 Å². The van der Waals surface area contributed by atoms with E-state index in [1.165, 1.54) is 0 Å². The molecule has 2 nitrogen and oxygen atoms in total. The fourth-order valence-electron chi connectivity index (χ4n) is 2.11. The molecule has 3 aromatic carbocycles. The van der Waals surface area contributed by atoms with Crippen molar-refractivity contribution in [2.45, 2.75) is 6.61 Å². The van der Waals surface area contributed by atoms with E-state index in [0.717, 1.165) is 22.6 Å².